The largest absolute Gasteiger partial charge is 0.330 e. The Bertz CT molecular complexity index is 985. The highest BCUT2D eigenvalue weighted by Gasteiger charge is 2.35. The molecule has 3 aromatic rings. The number of hydrogen-bond acceptors (Lipinski definition) is 3. The predicted molar refractivity (Wildman–Crippen MR) is 117 cm³/mol. The summed E-state index contributed by atoms with van der Waals surface area (Å²) in [5.41, 5.74) is 4.39. The van der Waals surface area contributed by atoms with Crippen LogP contribution in [0, 0.1) is 11.3 Å². The first kappa shape index (κ1) is 19.4. The lowest BCUT2D eigenvalue weighted by Crippen LogP contribution is -2.18. The van der Waals surface area contributed by atoms with Gasteiger partial charge in [-0.2, -0.15) is 5.26 Å². The van der Waals surface area contributed by atoms with Gasteiger partial charge in [0, 0.05) is 31.0 Å². The molecule has 1 fully saturated rings. The number of nitriles is 1. The molecule has 1 saturated carbocycles. The van der Waals surface area contributed by atoms with Crippen molar-refractivity contribution in [1.82, 2.24) is 14.5 Å². The highest BCUT2D eigenvalue weighted by molar-refractivity contribution is 5.68. The van der Waals surface area contributed by atoms with Gasteiger partial charge < -0.3 is 9.47 Å². The molecule has 2 aromatic carbocycles. The van der Waals surface area contributed by atoms with Crippen LogP contribution in [0.15, 0.2) is 60.9 Å². The Morgan fingerprint density at radius 3 is 2.14 bits per heavy atom. The Morgan fingerprint density at radius 1 is 0.966 bits per heavy atom. The van der Waals surface area contributed by atoms with Gasteiger partial charge in [0.15, 0.2) is 0 Å². The summed E-state index contributed by atoms with van der Waals surface area (Å²) >= 11 is 0. The zero-order chi connectivity index (χ0) is 20.3. The van der Waals surface area contributed by atoms with Gasteiger partial charge >= 0.3 is 0 Å². The van der Waals surface area contributed by atoms with Crippen LogP contribution in [-0.4, -0.2) is 35.1 Å². The third-order valence-electron chi connectivity index (χ3n) is 6.09. The van der Waals surface area contributed by atoms with Gasteiger partial charge in [0.05, 0.1) is 11.5 Å². The molecule has 0 saturated heterocycles. The molecule has 0 atom stereocenters. The van der Waals surface area contributed by atoms with E-state index in [1.54, 1.807) is 0 Å². The van der Waals surface area contributed by atoms with E-state index >= 15 is 0 Å². The third kappa shape index (κ3) is 3.97. The molecule has 4 nitrogen and oxygen atoms in total. The average molecular weight is 385 g/mol. The Labute approximate surface area is 173 Å². The van der Waals surface area contributed by atoms with E-state index in [0.29, 0.717) is 0 Å². The Hall–Kier alpha value is -2.90. The van der Waals surface area contributed by atoms with Crippen molar-refractivity contribution in [3.63, 3.8) is 0 Å². The van der Waals surface area contributed by atoms with E-state index in [1.165, 1.54) is 16.7 Å². The molecule has 0 spiro atoms. The molecule has 0 bridgehead atoms. The normalized spacial score (nSPS) is 15.5. The highest BCUT2D eigenvalue weighted by Crippen LogP contribution is 2.41. The fourth-order valence-corrected chi connectivity index (χ4v) is 4.29. The van der Waals surface area contributed by atoms with E-state index in [9.17, 15) is 5.26 Å². The van der Waals surface area contributed by atoms with Crippen LogP contribution in [0.3, 0.4) is 0 Å². The van der Waals surface area contributed by atoms with Gasteiger partial charge in [-0.05, 0) is 43.6 Å². The summed E-state index contributed by atoms with van der Waals surface area (Å²) in [5.74, 6) is 1.01. The van der Waals surface area contributed by atoms with Crippen LogP contribution in [0.4, 0.5) is 0 Å². The Morgan fingerprint density at radius 2 is 1.55 bits per heavy atom. The molecular formula is C25H28N4. The van der Waals surface area contributed by atoms with Crippen molar-refractivity contribution in [3.8, 4) is 28.6 Å². The number of rotatable bonds is 6. The molecule has 1 aliphatic rings. The molecule has 0 radical (unpaired) electrons. The van der Waals surface area contributed by atoms with Crippen molar-refractivity contribution in [2.75, 3.05) is 20.6 Å². The number of benzene rings is 2. The first-order chi connectivity index (χ1) is 14.1. The molecule has 0 amide bonds. The van der Waals surface area contributed by atoms with Gasteiger partial charge in [0.25, 0.3) is 0 Å². The lowest BCUT2D eigenvalue weighted by molar-refractivity contribution is 0.385. The lowest BCUT2D eigenvalue weighted by Gasteiger charge is -2.21. The monoisotopic (exact) mass is 384 g/mol. The van der Waals surface area contributed by atoms with Crippen LogP contribution < -0.4 is 0 Å². The van der Waals surface area contributed by atoms with Gasteiger partial charge in [-0.15, -0.1) is 0 Å². The van der Waals surface area contributed by atoms with Crippen LogP contribution in [0.1, 0.15) is 31.2 Å². The topological polar surface area (TPSA) is 44.9 Å². The molecule has 148 valence electrons. The van der Waals surface area contributed by atoms with Crippen molar-refractivity contribution in [3.05, 3.63) is 66.5 Å². The fraction of sp³-hybridized carbons (Fsp3) is 0.360. The van der Waals surface area contributed by atoms with Gasteiger partial charge in [-0.3, -0.25) is 0 Å². The zero-order valence-corrected chi connectivity index (χ0v) is 17.3. The second-order valence-electron chi connectivity index (χ2n) is 8.30. The van der Waals surface area contributed by atoms with Crippen molar-refractivity contribution < 1.29 is 0 Å². The molecular weight excluding hydrogens is 356 g/mol. The molecule has 4 heteroatoms. The van der Waals surface area contributed by atoms with E-state index in [-0.39, 0.29) is 5.41 Å². The molecule has 1 heterocycles. The van der Waals surface area contributed by atoms with Gasteiger partial charge in [0.2, 0.25) is 0 Å². The maximum absolute atomic E-state index is 9.71. The van der Waals surface area contributed by atoms with E-state index in [0.717, 1.165) is 50.2 Å². The molecule has 1 aliphatic carbocycles. The summed E-state index contributed by atoms with van der Waals surface area (Å²) < 4.78 is 2.20. The summed E-state index contributed by atoms with van der Waals surface area (Å²) in [6, 6.07) is 19.8. The first-order valence-corrected chi connectivity index (χ1v) is 10.4. The van der Waals surface area contributed by atoms with Crippen LogP contribution in [0.5, 0.6) is 0 Å². The number of imidazole rings is 1. The molecule has 4 rings (SSSR count). The molecule has 0 N–H and O–H groups in total. The van der Waals surface area contributed by atoms with Crippen molar-refractivity contribution in [1.29, 1.82) is 5.26 Å². The zero-order valence-electron chi connectivity index (χ0n) is 17.3. The average Bonchev–Trinajstić information content (AvgIpc) is 3.43. The summed E-state index contributed by atoms with van der Waals surface area (Å²) in [5, 5.41) is 9.71. The number of nitrogens with zero attached hydrogens (tertiary/aromatic N) is 4. The summed E-state index contributed by atoms with van der Waals surface area (Å²) in [6.45, 7) is 1.91. The first-order valence-electron chi connectivity index (χ1n) is 10.4. The summed E-state index contributed by atoms with van der Waals surface area (Å²) in [4.78, 5) is 6.73. The van der Waals surface area contributed by atoms with Crippen molar-refractivity contribution in [2.45, 2.75) is 37.6 Å². The Kier molecular flexibility index (Phi) is 5.51. The van der Waals surface area contributed by atoms with E-state index in [2.05, 4.69) is 83.1 Å². The fourth-order valence-electron chi connectivity index (χ4n) is 4.29. The van der Waals surface area contributed by atoms with Crippen LogP contribution in [0.25, 0.3) is 22.5 Å². The second kappa shape index (κ2) is 8.23. The maximum atomic E-state index is 9.71. The van der Waals surface area contributed by atoms with E-state index < -0.39 is 0 Å². The van der Waals surface area contributed by atoms with Crippen LogP contribution >= 0.6 is 0 Å². The predicted octanol–water partition coefficient (Wildman–Crippen LogP) is 5.11. The summed E-state index contributed by atoms with van der Waals surface area (Å²) in [7, 11) is 4.17. The van der Waals surface area contributed by atoms with Crippen LogP contribution in [-0.2, 0) is 12.0 Å². The minimum Gasteiger partial charge on any atom is -0.330 e. The Balaban J connectivity index is 1.53. The molecule has 29 heavy (non-hydrogen) atoms. The highest BCUT2D eigenvalue weighted by atomic mass is 15.1. The standard InChI is InChI=1S/C25H28N4/c1-28(2)17-18-29-16-15-27-24(29)22-7-5-20(6-8-22)21-9-11-23(12-10-21)25(19-26)13-3-4-14-25/h5-12,15-16H,3-4,13-14,17-18H2,1-2H3. The van der Waals surface area contributed by atoms with Crippen molar-refractivity contribution in [2.24, 2.45) is 0 Å². The van der Waals surface area contributed by atoms with Crippen LogP contribution in [0.2, 0.25) is 0 Å². The van der Waals surface area contributed by atoms with Gasteiger partial charge in [-0.1, -0.05) is 61.4 Å². The minimum absolute atomic E-state index is 0.272. The smallest absolute Gasteiger partial charge is 0.139 e. The van der Waals surface area contributed by atoms with Gasteiger partial charge in [0.1, 0.15) is 5.82 Å². The SMILES string of the molecule is CN(C)CCn1ccnc1-c1ccc(-c2ccc(C3(C#N)CCCC3)cc2)cc1. The van der Waals surface area contributed by atoms with E-state index in [1.807, 2.05) is 12.4 Å². The minimum atomic E-state index is -0.272. The molecule has 0 aliphatic heterocycles. The number of hydrogen-bond donors (Lipinski definition) is 0. The molecule has 1 aromatic heterocycles. The lowest BCUT2D eigenvalue weighted by atomic mass is 9.80. The second-order valence-corrected chi connectivity index (χ2v) is 8.30. The van der Waals surface area contributed by atoms with E-state index in [4.69, 9.17) is 0 Å². The van der Waals surface area contributed by atoms with Crippen molar-refractivity contribution >= 4 is 0 Å². The molecule has 0 unspecified atom stereocenters. The maximum Gasteiger partial charge on any atom is 0.139 e. The van der Waals surface area contributed by atoms with Gasteiger partial charge in [-0.25, -0.2) is 4.98 Å². The summed E-state index contributed by atoms with van der Waals surface area (Å²) in [6.07, 6.45) is 8.18. The number of likely N-dealkylation sites (N-methyl/N-ethyl adjacent to an activating group) is 1. The third-order valence-corrected chi connectivity index (χ3v) is 6.09. The quantitative estimate of drug-likeness (QED) is 0.593. The number of aromatic nitrogens is 2.